The predicted molar refractivity (Wildman–Crippen MR) is 92.0 cm³/mol. The third-order valence-electron chi connectivity index (χ3n) is 3.38. The van der Waals surface area contributed by atoms with Crippen LogP contribution in [0.25, 0.3) is 0 Å². The van der Waals surface area contributed by atoms with E-state index in [1.54, 1.807) is 18.2 Å². The Morgan fingerprint density at radius 3 is 1.87 bits per heavy atom. The van der Waals surface area contributed by atoms with E-state index in [0.717, 1.165) is 11.4 Å². The summed E-state index contributed by atoms with van der Waals surface area (Å²) in [5.41, 5.74) is 6.14. The fraction of sp³-hybridized carbons (Fsp3) is 0. The lowest BCUT2D eigenvalue weighted by Crippen LogP contribution is -2.24. The molecule has 0 atom stereocenters. The third-order valence-corrected chi connectivity index (χ3v) is 3.38. The number of nitrogens with zero attached hydrogens (tertiary/aromatic N) is 1. The highest BCUT2D eigenvalue weighted by atomic mass is 16.4. The van der Waals surface area contributed by atoms with Crippen LogP contribution in [0.1, 0.15) is 10.4 Å². The Labute approximate surface area is 134 Å². The van der Waals surface area contributed by atoms with E-state index in [4.69, 9.17) is 5.11 Å². The predicted octanol–water partition coefficient (Wildman–Crippen LogP) is 4.55. The van der Waals surface area contributed by atoms with Crippen LogP contribution >= 0.6 is 0 Å². The topological polar surface area (TPSA) is 52.6 Å². The Kier molecular flexibility index (Phi) is 4.25. The molecule has 2 N–H and O–H groups in total. The second-order valence-electron chi connectivity index (χ2n) is 5.00. The van der Waals surface area contributed by atoms with Gasteiger partial charge in [0, 0.05) is 0 Å². The van der Waals surface area contributed by atoms with Crippen molar-refractivity contribution in [3.63, 3.8) is 0 Å². The van der Waals surface area contributed by atoms with Crippen LogP contribution in [0.2, 0.25) is 0 Å². The van der Waals surface area contributed by atoms with E-state index in [-0.39, 0.29) is 5.56 Å². The molecule has 23 heavy (non-hydrogen) atoms. The summed E-state index contributed by atoms with van der Waals surface area (Å²) in [7, 11) is 0. The zero-order chi connectivity index (χ0) is 16.1. The van der Waals surface area contributed by atoms with Crippen molar-refractivity contribution in [2.75, 3.05) is 10.4 Å². The van der Waals surface area contributed by atoms with Crippen molar-refractivity contribution in [3.8, 4) is 0 Å². The molecule has 114 valence electrons. The van der Waals surface area contributed by atoms with Crippen molar-refractivity contribution in [3.05, 3.63) is 90.5 Å². The largest absolute Gasteiger partial charge is 0.478 e. The quantitative estimate of drug-likeness (QED) is 0.679. The molecule has 0 aromatic heterocycles. The minimum atomic E-state index is -0.945. The van der Waals surface area contributed by atoms with Gasteiger partial charge in [0.1, 0.15) is 0 Å². The van der Waals surface area contributed by atoms with Gasteiger partial charge in [-0.3, -0.25) is 10.4 Å². The minimum Gasteiger partial charge on any atom is -0.478 e. The molecule has 0 unspecified atom stereocenters. The second kappa shape index (κ2) is 6.66. The molecule has 3 rings (SSSR count). The van der Waals surface area contributed by atoms with E-state index in [1.165, 1.54) is 0 Å². The van der Waals surface area contributed by atoms with Crippen LogP contribution in [0, 0.1) is 0 Å². The molecule has 0 saturated carbocycles. The first-order valence-electron chi connectivity index (χ1n) is 7.24. The zero-order valence-corrected chi connectivity index (χ0v) is 12.4. The Morgan fingerprint density at radius 2 is 1.35 bits per heavy atom. The highest BCUT2D eigenvalue weighted by molar-refractivity contribution is 5.89. The summed E-state index contributed by atoms with van der Waals surface area (Å²) in [5, 5.41) is 11.1. The lowest BCUT2D eigenvalue weighted by molar-refractivity contribution is 0.0697. The number of anilines is 3. The number of hydrogen-bond donors (Lipinski definition) is 2. The van der Waals surface area contributed by atoms with E-state index in [9.17, 15) is 4.79 Å². The number of nitrogens with one attached hydrogen (secondary N) is 1. The molecule has 0 fully saturated rings. The summed E-state index contributed by atoms with van der Waals surface area (Å²) in [4.78, 5) is 11.1. The number of carboxylic acid groups (broad SMARTS) is 1. The monoisotopic (exact) mass is 304 g/mol. The Hall–Kier alpha value is -3.27. The maximum atomic E-state index is 11.1. The van der Waals surface area contributed by atoms with Crippen LogP contribution < -0.4 is 10.4 Å². The first kappa shape index (κ1) is 14.7. The number of benzene rings is 3. The number of aromatic carboxylic acids is 1. The molecule has 4 nitrogen and oxygen atoms in total. The first-order valence-corrected chi connectivity index (χ1v) is 7.24. The van der Waals surface area contributed by atoms with Crippen LogP contribution in [0.3, 0.4) is 0 Å². The number of carboxylic acids is 1. The molecule has 0 radical (unpaired) electrons. The Bertz CT molecular complexity index is 749. The molecular formula is C19H16N2O2. The van der Waals surface area contributed by atoms with Gasteiger partial charge in [-0.2, -0.15) is 0 Å². The van der Waals surface area contributed by atoms with Crippen LogP contribution in [-0.4, -0.2) is 11.1 Å². The summed E-state index contributed by atoms with van der Waals surface area (Å²) >= 11 is 0. The number of para-hydroxylation sites is 2. The van der Waals surface area contributed by atoms with Crippen molar-refractivity contribution in [2.45, 2.75) is 0 Å². The molecule has 0 aliphatic carbocycles. The molecule has 0 spiro atoms. The Morgan fingerprint density at radius 1 is 0.783 bits per heavy atom. The molecule has 0 heterocycles. The van der Waals surface area contributed by atoms with Crippen molar-refractivity contribution in [1.82, 2.24) is 0 Å². The molecule has 4 heteroatoms. The lowest BCUT2D eigenvalue weighted by Gasteiger charge is -2.26. The summed E-state index contributed by atoms with van der Waals surface area (Å²) in [6, 6.07) is 26.4. The van der Waals surface area contributed by atoms with Gasteiger partial charge >= 0.3 is 5.97 Å². The van der Waals surface area contributed by atoms with Gasteiger partial charge < -0.3 is 5.11 Å². The molecule has 0 aliphatic heterocycles. The van der Waals surface area contributed by atoms with Gasteiger partial charge in [-0.05, 0) is 42.5 Å². The normalized spacial score (nSPS) is 10.1. The highest BCUT2D eigenvalue weighted by Gasteiger charge is 2.10. The summed E-state index contributed by atoms with van der Waals surface area (Å²) in [6.45, 7) is 0. The molecule has 3 aromatic rings. The lowest BCUT2D eigenvalue weighted by atomic mass is 10.2. The fourth-order valence-electron chi connectivity index (χ4n) is 2.28. The van der Waals surface area contributed by atoms with Crippen molar-refractivity contribution in [1.29, 1.82) is 0 Å². The van der Waals surface area contributed by atoms with E-state index < -0.39 is 5.97 Å². The van der Waals surface area contributed by atoms with Crippen molar-refractivity contribution in [2.24, 2.45) is 0 Å². The molecule has 0 amide bonds. The molecule has 0 bridgehead atoms. The van der Waals surface area contributed by atoms with Gasteiger partial charge in [-0.1, -0.05) is 42.5 Å². The van der Waals surface area contributed by atoms with Crippen molar-refractivity contribution < 1.29 is 9.90 Å². The first-order chi connectivity index (χ1) is 11.2. The smallest absolute Gasteiger partial charge is 0.335 e. The second-order valence-corrected chi connectivity index (χ2v) is 5.00. The van der Waals surface area contributed by atoms with Gasteiger partial charge in [-0.25, -0.2) is 4.79 Å². The van der Waals surface area contributed by atoms with Crippen LogP contribution in [0.4, 0.5) is 17.1 Å². The third kappa shape index (κ3) is 3.49. The number of hydrazine groups is 1. The van der Waals surface area contributed by atoms with Crippen LogP contribution in [0.5, 0.6) is 0 Å². The maximum Gasteiger partial charge on any atom is 0.335 e. The van der Waals surface area contributed by atoms with Crippen molar-refractivity contribution >= 4 is 23.0 Å². The minimum absolute atomic E-state index is 0.246. The number of hydrogen-bond acceptors (Lipinski definition) is 3. The van der Waals surface area contributed by atoms with E-state index in [2.05, 4.69) is 5.43 Å². The summed E-state index contributed by atoms with van der Waals surface area (Å²) < 4.78 is 0. The number of rotatable bonds is 5. The summed E-state index contributed by atoms with van der Waals surface area (Å²) in [5.74, 6) is -0.945. The van der Waals surface area contributed by atoms with Gasteiger partial charge in [0.2, 0.25) is 0 Å². The van der Waals surface area contributed by atoms with E-state index >= 15 is 0 Å². The average Bonchev–Trinajstić information content (AvgIpc) is 2.61. The van der Waals surface area contributed by atoms with Gasteiger partial charge in [0.05, 0.1) is 22.6 Å². The van der Waals surface area contributed by atoms with Gasteiger partial charge in [0.25, 0.3) is 0 Å². The zero-order valence-electron chi connectivity index (χ0n) is 12.4. The summed E-state index contributed by atoms with van der Waals surface area (Å²) in [6.07, 6.45) is 0. The van der Waals surface area contributed by atoms with Crippen LogP contribution in [-0.2, 0) is 0 Å². The molecular weight excluding hydrogens is 288 g/mol. The SMILES string of the molecule is O=C(O)c1cccc(NN(c2ccccc2)c2ccccc2)c1. The standard InChI is InChI=1S/C19H16N2O2/c22-19(23)15-8-7-9-16(14-15)20-21(17-10-3-1-4-11-17)18-12-5-2-6-13-18/h1-14,20H,(H,22,23). The number of carbonyl (C=O) groups is 1. The molecule has 3 aromatic carbocycles. The van der Waals surface area contributed by atoms with Gasteiger partial charge in [-0.15, -0.1) is 0 Å². The highest BCUT2D eigenvalue weighted by Crippen LogP contribution is 2.26. The molecule has 0 aliphatic rings. The Balaban J connectivity index is 1.97. The maximum absolute atomic E-state index is 11.1. The molecule has 0 saturated heterocycles. The van der Waals surface area contributed by atoms with E-state index in [0.29, 0.717) is 5.69 Å². The average molecular weight is 304 g/mol. The van der Waals surface area contributed by atoms with Gasteiger partial charge in [0.15, 0.2) is 0 Å². The van der Waals surface area contributed by atoms with Crippen LogP contribution in [0.15, 0.2) is 84.9 Å². The van der Waals surface area contributed by atoms with E-state index in [1.807, 2.05) is 71.7 Å². The fourth-order valence-corrected chi connectivity index (χ4v) is 2.28.